The zero-order chi connectivity index (χ0) is 23.0. The molecule has 33 heavy (non-hydrogen) atoms. The van der Waals surface area contributed by atoms with E-state index in [1.54, 1.807) is 13.3 Å². The van der Waals surface area contributed by atoms with E-state index < -0.39 is 0 Å². The first-order valence-electron chi connectivity index (χ1n) is 10.5. The average molecular weight is 506 g/mol. The highest BCUT2D eigenvalue weighted by Crippen LogP contribution is 2.24. The van der Waals surface area contributed by atoms with Crippen LogP contribution in [-0.4, -0.2) is 24.2 Å². The van der Waals surface area contributed by atoms with Crippen LogP contribution in [0.2, 0.25) is 0 Å². The smallest absolute Gasteiger partial charge is 0.240 e. The van der Waals surface area contributed by atoms with Gasteiger partial charge in [-0.1, -0.05) is 46.3 Å². The van der Waals surface area contributed by atoms with Gasteiger partial charge in [-0.25, -0.2) is 5.43 Å². The minimum atomic E-state index is -0.156. The van der Waals surface area contributed by atoms with Crippen molar-refractivity contribution in [3.8, 4) is 11.5 Å². The average Bonchev–Trinajstić information content (AvgIpc) is 3.25. The molecule has 0 aliphatic rings. The predicted molar refractivity (Wildman–Crippen MR) is 134 cm³/mol. The van der Waals surface area contributed by atoms with Crippen molar-refractivity contribution in [3.63, 3.8) is 0 Å². The van der Waals surface area contributed by atoms with E-state index in [0.29, 0.717) is 36.5 Å². The van der Waals surface area contributed by atoms with E-state index in [2.05, 4.69) is 37.5 Å². The fourth-order valence-electron chi connectivity index (χ4n) is 3.49. The Bertz CT molecular complexity index is 1280. The second-order valence-electron chi connectivity index (χ2n) is 7.48. The SMILES string of the molecule is COc1ccc(OCc2cccc(Br)c2)c(/C=N/NC(=O)CCc2c[nH]c3ccccc23)c1. The molecule has 1 amide bonds. The molecule has 1 aromatic heterocycles. The Kier molecular flexibility index (Phi) is 7.42. The van der Waals surface area contributed by atoms with Gasteiger partial charge in [0.1, 0.15) is 18.1 Å². The third-order valence-electron chi connectivity index (χ3n) is 5.19. The van der Waals surface area contributed by atoms with Gasteiger partial charge >= 0.3 is 0 Å². The van der Waals surface area contributed by atoms with Gasteiger partial charge in [0, 0.05) is 33.6 Å². The Hall–Kier alpha value is -3.58. The van der Waals surface area contributed by atoms with Crippen molar-refractivity contribution < 1.29 is 14.3 Å². The molecular weight excluding hydrogens is 482 g/mol. The number of amides is 1. The van der Waals surface area contributed by atoms with Crippen molar-refractivity contribution in [2.75, 3.05) is 7.11 Å². The second kappa shape index (κ2) is 10.8. The fraction of sp³-hybridized carbons (Fsp3) is 0.154. The Labute approximate surface area is 200 Å². The van der Waals surface area contributed by atoms with E-state index in [9.17, 15) is 4.79 Å². The number of aryl methyl sites for hydroxylation is 1. The first-order valence-corrected chi connectivity index (χ1v) is 11.3. The lowest BCUT2D eigenvalue weighted by molar-refractivity contribution is -0.121. The molecule has 7 heteroatoms. The zero-order valence-corrected chi connectivity index (χ0v) is 19.8. The van der Waals surface area contributed by atoms with E-state index >= 15 is 0 Å². The summed E-state index contributed by atoms with van der Waals surface area (Å²) in [6.07, 6.45) is 4.49. The second-order valence-corrected chi connectivity index (χ2v) is 8.39. The number of benzene rings is 3. The molecule has 0 unspecified atom stereocenters. The summed E-state index contributed by atoms with van der Waals surface area (Å²) in [6, 6.07) is 21.5. The number of carbonyl (C=O) groups excluding carboxylic acids is 1. The number of fused-ring (bicyclic) bond motifs is 1. The van der Waals surface area contributed by atoms with Crippen LogP contribution in [0.3, 0.4) is 0 Å². The molecule has 0 bridgehead atoms. The largest absolute Gasteiger partial charge is 0.497 e. The van der Waals surface area contributed by atoms with Gasteiger partial charge in [0.25, 0.3) is 0 Å². The lowest BCUT2D eigenvalue weighted by Gasteiger charge is -2.11. The lowest BCUT2D eigenvalue weighted by Crippen LogP contribution is -2.18. The van der Waals surface area contributed by atoms with Crippen molar-refractivity contribution in [2.24, 2.45) is 5.10 Å². The number of hydrogen-bond acceptors (Lipinski definition) is 4. The van der Waals surface area contributed by atoms with E-state index in [0.717, 1.165) is 26.5 Å². The molecule has 0 aliphatic heterocycles. The fourth-order valence-corrected chi connectivity index (χ4v) is 3.94. The highest BCUT2D eigenvalue weighted by Gasteiger charge is 2.08. The van der Waals surface area contributed by atoms with Gasteiger partial charge in [-0.05, 0) is 53.9 Å². The highest BCUT2D eigenvalue weighted by molar-refractivity contribution is 9.10. The van der Waals surface area contributed by atoms with Crippen LogP contribution < -0.4 is 14.9 Å². The lowest BCUT2D eigenvalue weighted by atomic mass is 10.1. The van der Waals surface area contributed by atoms with Crippen molar-refractivity contribution >= 4 is 39.0 Å². The van der Waals surface area contributed by atoms with Gasteiger partial charge in [0.2, 0.25) is 5.91 Å². The normalized spacial score (nSPS) is 11.1. The quantitative estimate of drug-likeness (QED) is 0.229. The summed E-state index contributed by atoms with van der Waals surface area (Å²) in [5, 5.41) is 5.27. The van der Waals surface area contributed by atoms with Crippen molar-refractivity contribution in [3.05, 3.63) is 94.1 Å². The molecule has 4 aromatic rings. The molecule has 168 valence electrons. The topological polar surface area (TPSA) is 75.7 Å². The number of hydrazone groups is 1. The monoisotopic (exact) mass is 505 g/mol. The third-order valence-corrected chi connectivity index (χ3v) is 5.68. The maximum absolute atomic E-state index is 12.3. The number of halogens is 1. The molecule has 0 atom stereocenters. The van der Waals surface area contributed by atoms with E-state index in [-0.39, 0.29) is 5.91 Å². The summed E-state index contributed by atoms with van der Waals surface area (Å²) in [5.41, 5.74) is 6.53. The van der Waals surface area contributed by atoms with Crippen molar-refractivity contribution in [1.82, 2.24) is 10.4 Å². The van der Waals surface area contributed by atoms with Crippen LogP contribution in [0.1, 0.15) is 23.1 Å². The summed E-state index contributed by atoms with van der Waals surface area (Å²) in [6.45, 7) is 0.406. The molecule has 0 saturated heterocycles. The molecule has 0 aliphatic carbocycles. The number of nitrogens with one attached hydrogen (secondary N) is 2. The van der Waals surface area contributed by atoms with Crippen LogP contribution in [0.15, 0.2) is 82.5 Å². The number of nitrogens with zero attached hydrogens (tertiary/aromatic N) is 1. The Morgan fingerprint density at radius 3 is 2.85 bits per heavy atom. The Morgan fingerprint density at radius 1 is 1.12 bits per heavy atom. The first-order chi connectivity index (χ1) is 16.1. The number of para-hydroxylation sites is 1. The van der Waals surface area contributed by atoms with Gasteiger partial charge in [0.15, 0.2) is 0 Å². The molecule has 0 spiro atoms. The van der Waals surface area contributed by atoms with Crippen LogP contribution in [0.4, 0.5) is 0 Å². The molecular formula is C26H24BrN3O3. The van der Waals surface area contributed by atoms with Crippen molar-refractivity contribution in [1.29, 1.82) is 0 Å². The molecule has 3 aromatic carbocycles. The zero-order valence-electron chi connectivity index (χ0n) is 18.2. The van der Waals surface area contributed by atoms with Gasteiger partial charge in [-0.2, -0.15) is 5.10 Å². The summed E-state index contributed by atoms with van der Waals surface area (Å²) in [4.78, 5) is 15.6. The summed E-state index contributed by atoms with van der Waals surface area (Å²) in [7, 11) is 1.60. The molecule has 2 N–H and O–H groups in total. The number of methoxy groups -OCH3 is 1. The molecule has 1 heterocycles. The van der Waals surface area contributed by atoms with Crippen LogP contribution in [0, 0.1) is 0 Å². The minimum absolute atomic E-state index is 0.156. The minimum Gasteiger partial charge on any atom is -0.497 e. The van der Waals surface area contributed by atoms with Gasteiger partial charge < -0.3 is 14.5 Å². The van der Waals surface area contributed by atoms with Gasteiger partial charge in [-0.15, -0.1) is 0 Å². The summed E-state index contributed by atoms with van der Waals surface area (Å²) >= 11 is 3.47. The van der Waals surface area contributed by atoms with Gasteiger partial charge in [0.05, 0.1) is 13.3 Å². The van der Waals surface area contributed by atoms with E-state index in [1.807, 2.05) is 66.9 Å². The molecule has 0 radical (unpaired) electrons. The van der Waals surface area contributed by atoms with Gasteiger partial charge in [-0.3, -0.25) is 4.79 Å². The number of rotatable bonds is 9. The number of carbonyl (C=O) groups is 1. The van der Waals surface area contributed by atoms with Crippen LogP contribution in [0.5, 0.6) is 11.5 Å². The van der Waals surface area contributed by atoms with Crippen LogP contribution >= 0.6 is 15.9 Å². The van der Waals surface area contributed by atoms with E-state index in [1.165, 1.54) is 0 Å². The maximum atomic E-state index is 12.3. The third kappa shape index (κ3) is 6.02. The predicted octanol–water partition coefficient (Wildman–Crippen LogP) is 5.60. The Morgan fingerprint density at radius 2 is 2.00 bits per heavy atom. The number of aromatic amines is 1. The van der Waals surface area contributed by atoms with Crippen LogP contribution in [0.25, 0.3) is 10.9 Å². The standard InChI is InChI=1S/C26H24BrN3O3/c1-32-22-10-11-25(33-17-18-5-4-6-21(27)13-18)20(14-22)16-29-30-26(31)12-9-19-15-28-24-8-3-2-7-23(19)24/h2-8,10-11,13-16,28H,9,12,17H2,1H3,(H,30,31)/b29-16+. The summed E-state index contributed by atoms with van der Waals surface area (Å²) in [5.74, 6) is 1.17. The van der Waals surface area contributed by atoms with Crippen LogP contribution in [-0.2, 0) is 17.8 Å². The van der Waals surface area contributed by atoms with E-state index in [4.69, 9.17) is 9.47 Å². The number of aromatic nitrogens is 1. The maximum Gasteiger partial charge on any atom is 0.240 e. The first kappa shape index (κ1) is 22.6. The van der Waals surface area contributed by atoms with Crippen molar-refractivity contribution in [2.45, 2.75) is 19.4 Å². The summed E-state index contributed by atoms with van der Waals surface area (Å²) < 4.78 is 12.3. The molecule has 4 rings (SSSR count). The highest BCUT2D eigenvalue weighted by atomic mass is 79.9. The Balaban J connectivity index is 1.37. The number of hydrogen-bond donors (Lipinski definition) is 2. The molecule has 0 fully saturated rings. The number of H-pyrrole nitrogens is 1. The molecule has 6 nitrogen and oxygen atoms in total. The number of ether oxygens (including phenoxy) is 2. The molecule has 0 saturated carbocycles.